The number of benzene rings is 3. The smallest absolute Gasteiger partial charge is 0.251 e. The maximum Gasteiger partial charge on any atom is 0.251 e. The Balaban J connectivity index is 1.50. The highest BCUT2D eigenvalue weighted by Crippen LogP contribution is 2.27. The van der Waals surface area contributed by atoms with Crippen LogP contribution in [0, 0.1) is 11.6 Å². The van der Waals surface area contributed by atoms with Crippen LogP contribution in [0.2, 0.25) is 0 Å². The molecule has 1 aliphatic heterocycles. The summed E-state index contributed by atoms with van der Waals surface area (Å²) in [7, 11) is -3.43. The second-order valence-electron chi connectivity index (χ2n) is 9.32. The highest BCUT2D eigenvalue weighted by atomic mass is 32.2. The molecule has 6 nitrogen and oxygen atoms in total. The van der Waals surface area contributed by atoms with Gasteiger partial charge in [-0.05, 0) is 65.8 Å². The molecule has 0 unspecified atom stereocenters. The van der Waals surface area contributed by atoms with E-state index >= 15 is 0 Å². The van der Waals surface area contributed by atoms with E-state index in [0.29, 0.717) is 18.5 Å². The molecule has 196 valence electrons. The van der Waals surface area contributed by atoms with E-state index in [4.69, 9.17) is 0 Å². The van der Waals surface area contributed by atoms with Crippen molar-refractivity contribution in [3.63, 3.8) is 0 Å². The molecule has 1 amide bonds. The number of halogens is 2. The van der Waals surface area contributed by atoms with Crippen molar-refractivity contribution >= 4 is 15.7 Å². The second kappa shape index (κ2) is 11.5. The fourth-order valence-electron chi connectivity index (χ4n) is 4.53. The molecule has 37 heavy (non-hydrogen) atoms. The molecule has 0 aliphatic carbocycles. The minimum atomic E-state index is -3.43. The number of carbonyl (C=O) groups is 1. The van der Waals surface area contributed by atoms with E-state index in [1.54, 1.807) is 12.1 Å². The molecule has 0 radical (unpaired) electrons. The lowest BCUT2D eigenvalue weighted by Gasteiger charge is -2.25. The van der Waals surface area contributed by atoms with Crippen LogP contribution in [0.25, 0.3) is 0 Å². The van der Waals surface area contributed by atoms with Crippen molar-refractivity contribution < 1.29 is 27.1 Å². The first-order chi connectivity index (χ1) is 17.6. The second-order valence-corrected chi connectivity index (χ2v) is 11.4. The SMILES string of the molecule is CCc1cccc(CNC[C@@H](O)[C@H](Cc2cc(F)cc(F)c2)NC(=O)c2ccc3c(c2)S(=O)(=O)CC3)c1. The van der Waals surface area contributed by atoms with Crippen molar-refractivity contribution in [1.29, 1.82) is 0 Å². The average Bonchev–Trinajstić information content (AvgIpc) is 3.17. The summed E-state index contributed by atoms with van der Waals surface area (Å²) < 4.78 is 52.2. The predicted octanol–water partition coefficient (Wildman–Crippen LogP) is 3.35. The highest BCUT2D eigenvalue weighted by molar-refractivity contribution is 7.91. The zero-order valence-electron chi connectivity index (χ0n) is 20.5. The molecule has 3 aromatic rings. The van der Waals surface area contributed by atoms with Gasteiger partial charge in [-0.3, -0.25) is 4.79 Å². The fraction of sp³-hybridized carbons (Fsp3) is 0.321. The van der Waals surface area contributed by atoms with Gasteiger partial charge in [-0.25, -0.2) is 17.2 Å². The standard InChI is InChI=1S/C28H30F2N2O4S/c1-2-18-4-3-5-19(10-18)16-31-17-26(33)25(13-20-11-23(29)15-24(30)12-20)32-28(34)22-7-6-21-8-9-37(35,36)27(21)14-22/h3-7,10-12,14-15,25-26,31,33H,2,8-9,13,16-17H2,1H3,(H,32,34)/t25-,26+/m0/s1. The van der Waals surface area contributed by atoms with Crippen LogP contribution >= 0.6 is 0 Å². The number of hydrogen-bond donors (Lipinski definition) is 3. The molecule has 9 heteroatoms. The van der Waals surface area contributed by atoms with Crippen molar-refractivity contribution in [1.82, 2.24) is 10.6 Å². The summed E-state index contributed by atoms with van der Waals surface area (Å²) in [5.74, 6) is -2.09. The van der Waals surface area contributed by atoms with Crippen LogP contribution in [0.1, 0.15) is 39.5 Å². The van der Waals surface area contributed by atoms with Crippen molar-refractivity contribution in [2.45, 2.75) is 49.8 Å². The lowest BCUT2D eigenvalue weighted by molar-refractivity contribution is 0.0829. The molecule has 3 N–H and O–H groups in total. The number of aryl methyl sites for hydroxylation is 2. The molecule has 0 spiro atoms. The van der Waals surface area contributed by atoms with Crippen LogP contribution in [-0.4, -0.2) is 43.9 Å². The predicted molar refractivity (Wildman–Crippen MR) is 137 cm³/mol. The summed E-state index contributed by atoms with van der Waals surface area (Å²) in [6.45, 7) is 2.66. The molecule has 1 aliphatic rings. The van der Waals surface area contributed by atoms with Crippen LogP contribution in [-0.2, 0) is 35.6 Å². The summed E-state index contributed by atoms with van der Waals surface area (Å²) >= 11 is 0. The Kier molecular flexibility index (Phi) is 8.36. The zero-order valence-corrected chi connectivity index (χ0v) is 21.3. The molecule has 0 saturated heterocycles. The third-order valence-electron chi connectivity index (χ3n) is 6.55. The van der Waals surface area contributed by atoms with Gasteiger partial charge in [-0.15, -0.1) is 0 Å². The maximum absolute atomic E-state index is 13.8. The van der Waals surface area contributed by atoms with Crippen LogP contribution in [0.3, 0.4) is 0 Å². The van der Waals surface area contributed by atoms with Crippen LogP contribution in [0.5, 0.6) is 0 Å². The van der Waals surface area contributed by atoms with Gasteiger partial charge in [-0.1, -0.05) is 37.3 Å². The lowest BCUT2D eigenvalue weighted by atomic mass is 9.99. The Morgan fingerprint density at radius 3 is 2.46 bits per heavy atom. The fourth-order valence-corrected chi connectivity index (χ4v) is 6.11. The number of amides is 1. The van der Waals surface area contributed by atoms with Gasteiger partial charge in [-0.2, -0.15) is 0 Å². The third kappa shape index (κ3) is 6.80. The van der Waals surface area contributed by atoms with Crippen molar-refractivity contribution in [2.24, 2.45) is 0 Å². The zero-order chi connectivity index (χ0) is 26.6. The van der Waals surface area contributed by atoms with Gasteiger partial charge in [0.1, 0.15) is 11.6 Å². The Morgan fingerprint density at radius 2 is 1.73 bits per heavy atom. The summed E-state index contributed by atoms with van der Waals surface area (Å²) in [6, 6.07) is 14.7. The number of hydrogen-bond acceptors (Lipinski definition) is 5. The molecule has 1 heterocycles. The molecule has 0 saturated carbocycles. The first-order valence-electron chi connectivity index (χ1n) is 12.2. The number of aliphatic hydroxyl groups excluding tert-OH is 1. The molecule has 4 rings (SSSR count). The Morgan fingerprint density at radius 1 is 1.00 bits per heavy atom. The third-order valence-corrected chi connectivity index (χ3v) is 8.34. The number of carbonyl (C=O) groups excluding carboxylic acids is 1. The van der Waals surface area contributed by atoms with Gasteiger partial charge >= 0.3 is 0 Å². The van der Waals surface area contributed by atoms with Gasteiger partial charge in [0.25, 0.3) is 5.91 Å². The molecule has 3 aromatic carbocycles. The summed E-state index contributed by atoms with van der Waals surface area (Å²) in [6.07, 6.45) is 0.179. The Hall–Kier alpha value is -3.14. The Bertz CT molecular complexity index is 1370. The lowest BCUT2D eigenvalue weighted by Crippen LogP contribution is -2.48. The molecule has 0 fully saturated rings. The van der Waals surface area contributed by atoms with Crippen LogP contribution in [0.4, 0.5) is 8.78 Å². The molecule has 0 bridgehead atoms. The van der Waals surface area contributed by atoms with Crippen LogP contribution < -0.4 is 10.6 Å². The van der Waals surface area contributed by atoms with Gasteiger partial charge in [0.05, 0.1) is 22.8 Å². The van der Waals surface area contributed by atoms with E-state index in [1.807, 2.05) is 18.2 Å². The number of nitrogens with one attached hydrogen (secondary N) is 2. The topological polar surface area (TPSA) is 95.5 Å². The Labute approximate surface area is 215 Å². The summed E-state index contributed by atoms with van der Waals surface area (Å²) in [5.41, 5.74) is 3.30. The first-order valence-corrected chi connectivity index (χ1v) is 13.9. The summed E-state index contributed by atoms with van der Waals surface area (Å²) in [4.78, 5) is 13.2. The van der Waals surface area contributed by atoms with Gasteiger partial charge in [0.15, 0.2) is 9.84 Å². The van der Waals surface area contributed by atoms with E-state index in [1.165, 1.54) is 11.6 Å². The quantitative estimate of drug-likeness (QED) is 0.375. The minimum Gasteiger partial charge on any atom is -0.390 e. The van der Waals surface area contributed by atoms with E-state index in [-0.39, 0.29) is 34.7 Å². The van der Waals surface area contributed by atoms with Gasteiger partial charge < -0.3 is 15.7 Å². The molecule has 2 atom stereocenters. The molecular formula is C28H30F2N2O4S. The first kappa shape index (κ1) is 26.9. The van der Waals surface area contributed by atoms with Crippen molar-refractivity contribution in [3.05, 3.63) is 100 Å². The van der Waals surface area contributed by atoms with Crippen molar-refractivity contribution in [3.8, 4) is 0 Å². The van der Waals surface area contributed by atoms with Gasteiger partial charge in [0.2, 0.25) is 0 Å². The van der Waals surface area contributed by atoms with Crippen LogP contribution in [0.15, 0.2) is 65.6 Å². The maximum atomic E-state index is 13.8. The highest BCUT2D eigenvalue weighted by Gasteiger charge is 2.28. The van der Waals surface area contributed by atoms with E-state index in [9.17, 15) is 27.1 Å². The molecular weight excluding hydrogens is 498 g/mol. The van der Waals surface area contributed by atoms with E-state index in [0.717, 1.165) is 30.2 Å². The average molecular weight is 529 g/mol. The minimum absolute atomic E-state index is 0.00666. The van der Waals surface area contributed by atoms with Crippen molar-refractivity contribution in [2.75, 3.05) is 12.3 Å². The van der Waals surface area contributed by atoms with Gasteiger partial charge in [0, 0.05) is 24.7 Å². The number of aliphatic hydroxyl groups is 1. The van der Waals surface area contributed by atoms with E-state index < -0.39 is 39.5 Å². The number of sulfone groups is 1. The molecule has 0 aromatic heterocycles. The monoisotopic (exact) mass is 528 g/mol. The van der Waals surface area contributed by atoms with E-state index in [2.05, 4.69) is 23.6 Å². The summed E-state index contributed by atoms with van der Waals surface area (Å²) in [5, 5.41) is 16.9. The normalized spacial score (nSPS) is 15.7. The largest absolute Gasteiger partial charge is 0.390 e. The number of rotatable bonds is 10. The number of fused-ring (bicyclic) bond motifs is 1.